The SMILES string of the molecule is CC1=CCC(CC2CC2)(c2c(O)cc(C(Cc3ccc(F)cc3)CC3CC3)oc2=O)O1. The number of halogens is 1. The van der Waals surface area contributed by atoms with Crippen LogP contribution < -0.4 is 5.63 Å². The fraction of sp³-hybridized carbons (Fsp3) is 0.500. The fourth-order valence-electron chi connectivity index (χ4n) is 4.95. The highest BCUT2D eigenvalue weighted by Crippen LogP contribution is 2.50. The number of aromatic hydroxyl groups is 1. The molecule has 3 aliphatic rings. The second-order valence-electron chi connectivity index (χ2n) is 9.67. The summed E-state index contributed by atoms with van der Waals surface area (Å²) in [4.78, 5) is 13.2. The topological polar surface area (TPSA) is 59.7 Å². The average Bonchev–Trinajstić information content (AvgIpc) is 3.64. The Kier molecular flexibility index (Phi) is 5.15. The molecule has 164 valence electrons. The Morgan fingerprint density at radius 2 is 1.87 bits per heavy atom. The molecule has 0 spiro atoms. The molecule has 0 radical (unpaired) electrons. The summed E-state index contributed by atoms with van der Waals surface area (Å²) in [6.45, 7) is 1.88. The normalized spacial score (nSPS) is 24.0. The van der Waals surface area contributed by atoms with E-state index in [1.807, 2.05) is 13.0 Å². The second-order valence-corrected chi connectivity index (χ2v) is 9.67. The van der Waals surface area contributed by atoms with Crippen molar-refractivity contribution < 1.29 is 18.7 Å². The fourth-order valence-corrected chi connectivity index (χ4v) is 4.95. The van der Waals surface area contributed by atoms with Gasteiger partial charge in [0.1, 0.15) is 28.5 Å². The molecule has 0 bridgehead atoms. The molecule has 1 aliphatic heterocycles. The molecular weight excluding hydrogens is 395 g/mol. The summed E-state index contributed by atoms with van der Waals surface area (Å²) in [5.74, 6) is 2.10. The van der Waals surface area contributed by atoms with Crippen LogP contribution in [0.15, 0.2) is 51.4 Å². The van der Waals surface area contributed by atoms with Crippen molar-refractivity contribution >= 4 is 0 Å². The van der Waals surface area contributed by atoms with Gasteiger partial charge in [-0.1, -0.05) is 37.8 Å². The number of benzene rings is 1. The van der Waals surface area contributed by atoms with Crippen LogP contribution in [0.1, 0.15) is 74.7 Å². The Labute approximate surface area is 181 Å². The lowest BCUT2D eigenvalue weighted by Crippen LogP contribution is -2.32. The first-order chi connectivity index (χ1) is 14.9. The van der Waals surface area contributed by atoms with Crippen LogP contribution >= 0.6 is 0 Å². The molecule has 0 amide bonds. The van der Waals surface area contributed by atoms with Crippen LogP contribution in [0.4, 0.5) is 4.39 Å². The maximum atomic E-state index is 13.3. The molecule has 2 aliphatic carbocycles. The van der Waals surface area contributed by atoms with Crippen molar-refractivity contribution in [3.8, 4) is 5.75 Å². The van der Waals surface area contributed by atoms with Gasteiger partial charge in [-0.2, -0.15) is 0 Å². The van der Waals surface area contributed by atoms with Crippen molar-refractivity contribution in [1.82, 2.24) is 0 Å². The van der Waals surface area contributed by atoms with Crippen molar-refractivity contribution in [2.24, 2.45) is 11.8 Å². The molecule has 2 saturated carbocycles. The molecule has 1 aromatic heterocycles. The molecule has 4 nitrogen and oxygen atoms in total. The number of hydrogen-bond donors (Lipinski definition) is 1. The Hall–Kier alpha value is -2.56. The molecule has 5 heteroatoms. The number of rotatable bonds is 8. The smallest absolute Gasteiger partial charge is 0.347 e. The average molecular weight is 425 g/mol. The van der Waals surface area contributed by atoms with Gasteiger partial charge in [-0.25, -0.2) is 9.18 Å². The van der Waals surface area contributed by atoms with Crippen molar-refractivity contribution in [3.05, 3.63) is 75.3 Å². The quantitative estimate of drug-likeness (QED) is 0.571. The summed E-state index contributed by atoms with van der Waals surface area (Å²) in [5.41, 5.74) is -0.0820. The van der Waals surface area contributed by atoms with Crippen LogP contribution in [-0.2, 0) is 16.8 Å². The summed E-state index contributed by atoms with van der Waals surface area (Å²) in [5, 5.41) is 11.0. The minimum Gasteiger partial charge on any atom is -0.507 e. The molecule has 0 saturated heterocycles. The third-order valence-electron chi connectivity index (χ3n) is 6.91. The predicted octanol–water partition coefficient (Wildman–Crippen LogP) is 5.93. The second kappa shape index (κ2) is 7.85. The minimum absolute atomic E-state index is 0.0325. The monoisotopic (exact) mass is 424 g/mol. The highest BCUT2D eigenvalue weighted by molar-refractivity contribution is 5.38. The lowest BCUT2D eigenvalue weighted by molar-refractivity contribution is 0.00455. The first-order valence-corrected chi connectivity index (χ1v) is 11.4. The summed E-state index contributed by atoms with van der Waals surface area (Å²) >= 11 is 0. The van der Waals surface area contributed by atoms with Crippen molar-refractivity contribution in [3.63, 3.8) is 0 Å². The molecular formula is C26H29FO4. The van der Waals surface area contributed by atoms with E-state index < -0.39 is 11.2 Å². The van der Waals surface area contributed by atoms with E-state index in [0.29, 0.717) is 30.4 Å². The molecule has 1 aromatic carbocycles. The van der Waals surface area contributed by atoms with Crippen LogP contribution in [0, 0.1) is 17.7 Å². The van der Waals surface area contributed by atoms with Crippen molar-refractivity contribution in [2.45, 2.75) is 69.8 Å². The number of hydrogen-bond acceptors (Lipinski definition) is 4. The van der Waals surface area contributed by atoms with Gasteiger partial charge in [0.2, 0.25) is 0 Å². The van der Waals surface area contributed by atoms with Gasteiger partial charge in [-0.05, 0) is 61.8 Å². The van der Waals surface area contributed by atoms with Gasteiger partial charge in [-0.15, -0.1) is 0 Å². The van der Waals surface area contributed by atoms with E-state index in [1.54, 1.807) is 18.2 Å². The van der Waals surface area contributed by atoms with E-state index in [1.165, 1.54) is 25.0 Å². The Balaban J connectivity index is 1.47. The Morgan fingerprint density at radius 1 is 1.16 bits per heavy atom. The zero-order chi connectivity index (χ0) is 21.6. The zero-order valence-electron chi connectivity index (χ0n) is 17.9. The first-order valence-electron chi connectivity index (χ1n) is 11.4. The van der Waals surface area contributed by atoms with E-state index in [2.05, 4.69) is 0 Å². The Morgan fingerprint density at radius 3 is 2.45 bits per heavy atom. The van der Waals surface area contributed by atoms with Gasteiger partial charge >= 0.3 is 5.63 Å². The molecule has 31 heavy (non-hydrogen) atoms. The summed E-state index contributed by atoms with van der Waals surface area (Å²) in [6, 6.07) is 8.07. The van der Waals surface area contributed by atoms with Crippen LogP contribution in [0.2, 0.25) is 0 Å². The predicted molar refractivity (Wildman–Crippen MR) is 115 cm³/mol. The maximum Gasteiger partial charge on any atom is 0.347 e. The van der Waals surface area contributed by atoms with E-state index in [-0.39, 0.29) is 23.0 Å². The van der Waals surface area contributed by atoms with Gasteiger partial charge < -0.3 is 14.3 Å². The third kappa shape index (κ3) is 4.41. The van der Waals surface area contributed by atoms with Gasteiger partial charge in [0.05, 0.1) is 5.76 Å². The Bertz CT molecular complexity index is 1050. The van der Waals surface area contributed by atoms with Gasteiger partial charge in [-0.3, -0.25) is 0 Å². The number of ether oxygens (including phenoxy) is 1. The highest BCUT2D eigenvalue weighted by atomic mass is 19.1. The summed E-state index contributed by atoms with van der Waals surface area (Å²) < 4.78 is 25.3. The first kappa shape index (κ1) is 20.3. The molecule has 2 heterocycles. The van der Waals surface area contributed by atoms with Gasteiger partial charge in [0, 0.05) is 18.4 Å². The van der Waals surface area contributed by atoms with Crippen molar-refractivity contribution in [2.75, 3.05) is 0 Å². The largest absolute Gasteiger partial charge is 0.507 e. The summed E-state index contributed by atoms with van der Waals surface area (Å²) in [7, 11) is 0. The van der Waals surface area contributed by atoms with Crippen LogP contribution in [0.25, 0.3) is 0 Å². The summed E-state index contributed by atoms with van der Waals surface area (Å²) in [6.07, 6.45) is 9.44. The molecule has 2 atom stereocenters. The molecule has 2 fully saturated rings. The number of allylic oxidation sites excluding steroid dienone is 1. The van der Waals surface area contributed by atoms with E-state index in [9.17, 15) is 14.3 Å². The maximum absolute atomic E-state index is 13.3. The lowest BCUT2D eigenvalue weighted by atomic mass is 9.85. The zero-order valence-corrected chi connectivity index (χ0v) is 17.9. The molecule has 1 N–H and O–H groups in total. The van der Waals surface area contributed by atoms with Crippen LogP contribution in [0.5, 0.6) is 5.75 Å². The molecule has 5 rings (SSSR count). The van der Waals surface area contributed by atoms with Gasteiger partial charge in [0.15, 0.2) is 0 Å². The van der Waals surface area contributed by atoms with E-state index >= 15 is 0 Å². The minimum atomic E-state index is -0.822. The molecule has 2 unspecified atom stereocenters. The standard InChI is InChI=1S/C26H29FO4/c1-16-10-11-26(31-16,15-19-4-5-19)24-22(28)14-23(30-25(24)29)20(12-17-2-3-17)13-18-6-8-21(27)9-7-18/h6-10,14,17,19-20,28H,2-5,11-13,15H2,1H3. The van der Waals surface area contributed by atoms with Gasteiger partial charge in [0.25, 0.3) is 0 Å². The lowest BCUT2D eigenvalue weighted by Gasteiger charge is -2.30. The molecule has 2 aromatic rings. The van der Waals surface area contributed by atoms with E-state index in [4.69, 9.17) is 9.15 Å². The van der Waals surface area contributed by atoms with Crippen LogP contribution in [0.3, 0.4) is 0 Å². The highest BCUT2D eigenvalue weighted by Gasteiger charge is 2.46. The van der Waals surface area contributed by atoms with E-state index in [0.717, 1.165) is 37.0 Å². The third-order valence-corrected chi connectivity index (χ3v) is 6.91. The van der Waals surface area contributed by atoms with Crippen molar-refractivity contribution in [1.29, 1.82) is 0 Å². The van der Waals surface area contributed by atoms with Crippen LogP contribution in [-0.4, -0.2) is 5.11 Å².